The van der Waals surface area contributed by atoms with Gasteiger partial charge in [0.05, 0.1) is 10.6 Å². The number of allylic oxidation sites excluding steroid dienone is 1. The number of halogens is 4. The quantitative estimate of drug-likeness (QED) is 0.683. The number of alkyl halides is 3. The summed E-state index contributed by atoms with van der Waals surface area (Å²) in [6, 6.07) is 2.44. The smallest absolute Gasteiger partial charge is 0.398 e. The summed E-state index contributed by atoms with van der Waals surface area (Å²) >= 11 is 0.675. The van der Waals surface area contributed by atoms with Gasteiger partial charge in [0.25, 0.3) is 9.05 Å². The van der Waals surface area contributed by atoms with Crippen molar-refractivity contribution in [3.8, 4) is 0 Å². The predicted molar refractivity (Wildman–Crippen MR) is 68.9 cm³/mol. The van der Waals surface area contributed by atoms with E-state index < -0.39 is 20.9 Å². The number of aliphatic imine (C=N–C) groups is 1. The van der Waals surface area contributed by atoms with Gasteiger partial charge in [0.1, 0.15) is 9.92 Å². The highest BCUT2D eigenvalue weighted by molar-refractivity contribution is 8.15. The molecule has 0 fully saturated rings. The molecule has 0 aliphatic carbocycles. The van der Waals surface area contributed by atoms with Gasteiger partial charge in [-0.2, -0.15) is 13.2 Å². The molecule has 4 nitrogen and oxygen atoms in total. The Morgan fingerprint density at radius 2 is 2.05 bits per heavy atom. The molecule has 0 unspecified atom stereocenters. The second kappa shape index (κ2) is 5.51. The maximum absolute atomic E-state index is 12.4. The summed E-state index contributed by atoms with van der Waals surface area (Å²) in [6.07, 6.45) is -3.99. The lowest BCUT2D eigenvalue weighted by atomic mass is 10.2. The van der Waals surface area contributed by atoms with Crippen LogP contribution in [0.1, 0.15) is 4.88 Å². The van der Waals surface area contributed by atoms with Gasteiger partial charge in [0.2, 0.25) is 0 Å². The van der Waals surface area contributed by atoms with E-state index in [2.05, 4.69) is 4.99 Å². The Bertz CT molecular complexity index is 632. The van der Waals surface area contributed by atoms with Crippen LogP contribution >= 0.6 is 22.0 Å². The lowest BCUT2D eigenvalue weighted by molar-refractivity contribution is -0.0577. The second-order valence-corrected chi connectivity index (χ2v) is 7.14. The molecule has 0 aliphatic rings. The summed E-state index contributed by atoms with van der Waals surface area (Å²) in [4.78, 5) is 3.23. The van der Waals surface area contributed by atoms with E-state index in [1.807, 2.05) is 0 Å². The predicted octanol–water partition coefficient (Wildman–Crippen LogP) is 2.61. The first-order valence-electron chi connectivity index (χ1n) is 4.61. The second-order valence-electron chi connectivity index (χ2n) is 3.26. The van der Waals surface area contributed by atoms with Crippen molar-refractivity contribution in [3.63, 3.8) is 0 Å². The van der Waals surface area contributed by atoms with Crippen LogP contribution in [-0.2, 0) is 9.05 Å². The number of hydrogen-bond donors (Lipinski definition) is 1. The van der Waals surface area contributed by atoms with Crippen molar-refractivity contribution in [2.75, 3.05) is 7.05 Å². The normalized spacial score (nSPS) is 14.8. The molecule has 19 heavy (non-hydrogen) atoms. The number of hydrogen-bond acceptors (Lipinski definition) is 5. The third-order valence-electron chi connectivity index (χ3n) is 1.93. The summed E-state index contributed by atoms with van der Waals surface area (Å²) in [5, 5.41) is 0. The highest BCUT2D eigenvalue weighted by Gasteiger charge is 2.33. The van der Waals surface area contributed by atoms with Gasteiger partial charge in [-0.1, -0.05) is 0 Å². The van der Waals surface area contributed by atoms with Gasteiger partial charge in [0.15, 0.2) is 0 Å². The van der Waals surface area contributed by atoms with Gasteiger partial charge in [0, 0.05) is 17.7 Å². The molecule has 0 atom stereocenters. The molecule has 2 N–H and O–H groups in total. The molecule has 1 aromatic heterocycles. The first-order chi connectivity index (χ1) is 8.55. The van der Waals surface area contributed by atoms with Crippen LogP contribution in [0.25, 0.3) is 5.70 Å². The van der Waals surface area contributed by atoms with Crippen LogP contribution in [0.4, 0.5) is 13.2 Å². The average molecular weight is 333 g/mol. The van der Waals surface area contributed by atoms with Crippen LogP contribution in [0, 0.1) is 0 Å². The molecule has 0 saturated carbocycles. The fourth-order valence-electron chi connectivity index (χ4n) is 1.10. The van der Waals surface area contributed by atoms with Crippen LogP contribution in [-0.4, -0.2) is 27.4 Å². The molecule has 0 aliphatic heterocycles. The molecule has 1 aromatic rings. The minimum atomic E-state index is -4.63. The molecule has 0 aromatic carbocycles. The van der Waals surface area contributed by atoms with Crippen LogP contribution in [0.2, 0.25) is 0 Å². The summed E-state index contributed by atoms with van der Waals surface area (Å²) in [6.45, 7) is 0. The molecular weight excluding hydrogens is 325 g/mol. The van der Waals surface area contributed by atoms with E-state index in [4.69, 9.17) is 16.4 Å². The number of nitrogens with two attached hydrogens (primary N) is 1. The molecule has 0 saturated heterocycles. The Morgan fingerprint density at radius 1 is 1.47 bits per heavy atom. The zero-order valence-corrected chi connectivity index (χ0v) is 11.8. The standard InChI is InChI=1S/C9H8ClF3N2O2S2/c1-15-7(9(11,12)13)4-5(14)6-2-3-8(18-6)19(10,16)17/h2-4H,14H2,1H3. The SMILES string of the molecule is CN=C(C=C(N)c1ccc(S(=O)(=O)Cl)s1)C(F)(F)F. The van der Waals surface area contributed by atoms with E-state index in [9.17, 15) is 21.6 Å². The van der Waals surface area contributed by atoms with Crippen molar-refractivity contribution < 1.29 is 21.6 Å². The fraction of sp³-hybridized carbons (Fsp3) is 0.222. The number of rotatable bonds is 3. The van der Waals surface area contributed by atoms with E-state index in [-0.39, 0.29) is 14.8 Å². The van der Waals surface area contributed by atoms with Crippen LogP contribution in [0.15, 0.2) is 27.4 Å². The average Bonchev–Trinajstić information content (AvgIpc) is 2.72. The monoisotopic (exact) mass is 332 g/mol. The molecule has 0 spiro atoms. The van der Waals surface area contributed by atoms with Gasteiger partial charge in [-0.25, -0.2) is 8.42 Å². The first kappa shape index (κ1) is 16.0. The molecule has 1 heterocycles. The molecule has 0 amide bonds. The Kier molecular flexibility index (Phi) is 4.64. The first-order valence-corrected chi connectivity index (χ1v) is 7.74. The minimum Gasteiger partial charge on any atom is -0.398 e. The Hall–Kier alpha value is -1.06. The highest BCUT2D eigenvalue weighted by atomic mass is 35.7. The maximum Gasteiger partial charge on any atom is 0.432 e. The summed E-state index contributed by atoms with van der Waals surface area (Å²) < 4.78 is 59.2. The lowest BCUT2D eigenvalue weighted by Gasteiger charge is -2.06. The minimum absolute atomic E-state index is 0.157. The number of thiophene rings is 1. The van der Waals surface area contributed by atoms with Gasteiger partial charge in [-0.15, -0.1) is 11.3 Å². The molecule has 106 valence electrons. The maximum atomic E-state index is 12.4. The van der Waals surface area contributed by atoms with Gasteiger partial charge >= 0.3 is 6.18 Å². The van der Waals surface area contributed by atoms with E-state index in [0.29, 0.717) is 17.4 Å². The molecule has 0 bridgehead atoms. The van der Waals surface area contributed by atoms with Crippen molar-refractivity contribution in [3.05, 3.63) is 23.1 Å². The lowest BCUT2D eigenvalue weighted by Crippen LogP contribution is -2.21. The van der Waals surface area contributed by atoms with Crippen LogP contribution in [0.3, 0.4) is 0 Å². The van der Waals surface area contributed by atoms with Crippen molar-refractivity contribution in [1.29, 1.82) is 0 Å². The highest BCUT2D eigenvalue weighted by Crippen LogP contribution is 2.28. The van der Waals surface area contributed by atoms with E-state index in [0.717, 1.165) is 7.05 Å². The van der Waals surface area contributed by atoms with Gasteiger partial charge in [-0.05, 0) is 18.2 Å². The Balaban J connectivity index is 3.14. The number of nitrogens with zero attached hydrogens (tertiary/aromatic N) is 1. The topological polar surface area (TPSA) is 72.5 Å². The van der Waals surface area contributed by atoms with Crippen LogP contribution in [0.5, 0.6) is 0 Å². The third-order valence-corrected chi connectivity index (χ3v) is 5.16. The zero-order chi connectivity index (χ0) is 14.8. The Morgan fingerprint density at radius 3 is 2.42 bits per heavy atom. The van der Waals surface area contributed by atoms with Crippen molar-refractivity contribution in [2.24, 2.45) is 10.7 Å². The largest absolute Gasteiger partial charge is 0.432 e. The van der Waals surface area contributed by atoms with Gasteiger partial charge < -0.3 is 5.73 Å². The summed E-state index contributed by atoms with van der Waals surface area (Å²) in [7, 11) is 2.16. The van der Waals surface area contributed by atoms with E-state index in [1.54, 1.807) is 0 Å². The van der Waals surface area contributed by atoms with Crippen molar-refractivity contribution in [1.82, 2.24) is 0 Å². The van der Waals surface area contributed by atoms with Crippen LogP contribution < -0.4 is 5.73 Å². The Labute approximate surface area is 115 Å². The molecule has 10 heteroatoms. The van der Waals surface area contributed by atoms with Crippen molar-refractivity contribution >= 4 is 42.5 Å². The summed E-state index contributed by atoms with van der Waals surface area (Å²) in [5.74, 6) is 0. The van der Waals surface area contributed by atoms with Gasteiger partial charge in [-0.3, -0.25) is 4.99 Å². The zero-order valence-electron chi connectivity index (χ0n) is 9.40. The van der Waals surface area contributed by atoms with E-state index in [1.165, 1.54) is 12.1 Å². The summed E-state index contributed by atoms with van der Waals surface area (Å²) in [5.41, 5.74) is 4.08. The van der Waals surface area contributed by atoms with E-state index >= 15 is 0 Å². The van der Waals surface area contributed by atoms with Crippen molar-refractivity contribution in [2.45, 2.75) is 10.4 Å². The molecular formula is C9H8ClF3N2O2S2. The molecule has 0 radical (unpaired) electrons. The fourth-order valence-corrected chi connectivity index (χ4v) is 3.10. The third kappa shape index (κ3) is 4.22. The molecule has 1 rings (SSSR count).